The summed E-state index contributed by atoms with van der Waals surface area (Å²) in [5.74, 6) is 0.910. The monoisotopic (exact) mass is 1170 g/mol. The van der Waals surface area contributed by atoms with E-state index in [4.69, 9.17) is 9.15 Å². The van der Waals surface area contributed by atoms with Crippen molar-refractivity contribution in [2.45, 2.75) is 74.7 Å². The number of ether oxygens (including phenoxy) is 1. The predicted octanol–water partition coefficient (Wildman–Crippen LogP) is 24.6. The van der Waals surface area contributed by atoms with Gasteiger partial charge in [-0.05, 0) is 145 Å². The van der Waals surface area contributed by atoms with Gasteiger partial charge in [0.25, 0.3) is 0 Å². The molecule has 0 aliphatic heterocycles. The first-order chi connectivity index (χ1) is 43.7. The SMILES string of the molecule is CC=C(c1ccccc1)c1ccccc1.COc1ccccc1.Cc1ccc(C)cc1.Cc1ccc2c(c1)C(C)(C)c1ccccc1-2.Cc1ccc2ccccc2c1.Cc1cccc2c1oc1ccccc12.Cc1cccc2ccccc12.Cc1ccccc1. The molecule has 0 saturated carbocycles. The summed E-state index contributed by atoms with van der Waals surface area (Å²) in [6.45, 7) is 21.5. The van der Waals surface area contributed by atoms with E-state index in [1.807, 2.05) is 78.9 Å². The fraction of sp³-hybridized carbons (Fsp3) is 0.136. The number of fused-ring (bicyclic) bond motifs is 8. The molecule has 13 aromatic carbocycles. The van der Waals surface area contributed by atoms with Crippen LogP contribution in [0.1, 0.15) is 82.0 Å². The summed E-state index contributed by atoms with van der Waals surface area (Å²) < 4.78 is 10.7. The summed E-state index contributed by atoms with van der Waals surface area (Å²) in [5, 5.41) is 7.74. The van der Waals surface area contributed by atoms with Crippen LogP contribution in [0.2, 0.25) is 0 Å². The highest BCUT2D eigenvalue weighted by atomic mass is 16.5. The number of furan rings is 1. The van der Waals surface area contributed by atoms with Crippen LogP contribution in [0, 0.1) is 48.5 Å². The van der Waals surface area contributed by atoms with E-state index in [9.17, 15) is 0 Å². The molecule has 14 aromatic rings. The number of hydrogen-bond donors (Lipinski definition) is 0. The molecule has 2 nitrogen and oxygen atoms in total. The minimum atomic E-state index is 0.151. The van der Waals surface area contributed by atoms with Crippen LogP contribution in [0.3, 0.4) is 0 Å². The molecule has 0 spiro atoms. The van der Waals surface area contributed by atoms with Crippen molar-refractivity contribution in [2.24, 2.45) is 0 Å². The Morgan fingerprint density at radius 1 is 0.333 bits per heavy atom. The van der Waals surface area contributed by atoms with E-state index in [-0.39, 0.29) is 5.41 Å². The highest BCUT2D eigenvalue weighted by Crippen LogP contribution is 2.48. The molecule has 0 unspecified atom stereocenters. The maximum Gasteiger partial charge on any atom is 0.138 e. The number of rotatable bonds is 3. The Hall–Kier alpha value is -10.3. The fourth-order valence-corrected chi connectivity index (χ4v) is 10.9. The summed E-state index contributed by atoms with van der Waals surface area (Å²) in [5.41, 5.74) is 20.9. The van der Waals surface area contributed by atoms with Crippen molar-refractivity contribution in [3.63, 3.8) is 0 Å². The molecule has 0 N–H and O–H groups in total. The van der Waals surface area contributed by atoms with Crippen LogP contribution < -0.4 is 4.74 Å². The van der Waals surface area contributed by atoms with Crippen LogP contribution in [0.25, 0.3) is 60.2 Å². The number of allylic oxidation sites excluding steroid dienone is 1. The zero-order valence-corrected chi connectivity index (χ0v) is 54.4. The molecule has 90 heavy (non-hydrogen) atoms. The molecular weight excluding hydrogens is 1090 g/mol. The Morgan fingerprint density at radius 2 is 0.767 bits per heavy atom. The summed E-state index contributed by atoms with van der Waals surface area (Å²) >= 11 is 0. The molecule has 0 fully saturated rings. The predicted molar refractivity (Wildman–Crippen MR) is 390 cm³/mol. The van der Waals surface area contributed by atoms with Crippen LogP contribution in [0.5, 0.6) is 5.75 Å². The van der Waals surface area contributed by atoms with Crippen LogP contribution in [-0.4, -0.2) is 7.11 Å². The highest BCUT2D eigenvalue weighted by Gasteiger charge is 2.34. The van der Waals surface area contributed by atoms with Crippen molar-refractivity contribution in [1.82, 2.24) is 0 Å². The van der Waals surface area contributed by atoms with E-state index in [0.29, 0.717) is 0 Å². The standard InChI is InChI=1S/C16H16.C15H14.C13H10O.2C11H10.C8H10.C7H8O.C7H8/c1-11-8-9-13-12-6-4-5-7-14(12)16(2,3)15(13)10-11;1-2-15(13-9-5-3-6-10-13)14-11-7-4-8-12-14;1-9-5-4-7-11-10-6-2-3-8-12(10)14-13(9)11;1-9-5-4-7-10-6-2-3-8-11(9)10;1-9-6-7-10-4-2-3-5-11(10)8-9;1-7-3-5-8(2)6-4-7;1-8-7-5-3-2-4-6-7;1-7-5-3-2-4-6-7/h4-10H,1-3H3;2-12H,1H3;2-8H,1H3;2*2-8H,1H3;3-6H,1-2H3;2-6H,1H3;2-6H,1H3. The third kappa shape index (κ3) is 18.4. The van der Waals surface area contributed by atoms with Crippen LogP contribution >= 0.6 is 0 Å². The summed E-state index contributed by atoms with van der Waals surface area (Å²) in [4.78, 5) is 0. The average Bonchev–Trinajstić information content (AvgIpc) is 1.60. The summed E-state index contributed by atoms with van der Waals surface area (Å²) in [7, 11) is 1.66. The maximum absolute atomic E-state index is 5.78. The van der Waals surface area contributed by atoms with Crippen molar-refractivity contribution < 1.29 is 9.15 Å². The zero-order chi connectivity index (χ0) is 63.7. The molecule has 1 aromatic heterocycles. The number of para-hydroxylation sites is 3. The second kappa shape index (κ2) is 33.2. The molecule has 1 heterocycles. The Balaban J connectivity index is 0.000000135. The van der Waals surface area contributed by atoms with E-state index >= 15 is 0 Å². The Labute approximate surface area is 536 Å². The van der Waals surface area contributed by atoms with Gasteiger partial charge in [-0.25, -0.2) is 0 Å². The lowest BCUT2D eigenvalue weighted by Gasteiger charge is -2.21. The average molecular weight is 1180 g/mol. The molecule has 0 bridgehead atoms. The van der Waals surface area contributed by atoms with Gasteiger partial charge in [0.15, 0.2) is 0 Å². The van der Waals surface area contributed by atoms with Gasteiger partial charge in [0.2, 0.25) is 0 Å². The molecule has 15 rings (SSSR count). The normalized spacial score (nSPS) is 10.9. The van der Waals surface area contributed by atoms with E-state index in [2.05, 4.69) is 312 Å². The maximum atomic E-state index is 5.78. The van der Waals surface area contributed by atoms with E-state index in [1.54, 1.807) is 7.11 Å². The van der Waals surface area contributed by atoms with Gasteiger partial charge in [-0.2, -0.15) is 0 Å². The highest BCUT2D eigenvalue weighted by molar-refractivity contribution is 6.05. The topological polar surface area (TPSA) is 22.4 Å². The molecule has 0 radical (unpaired) electrons. The number of benzene rings is 13. The van der Waals surface area contributed by atoms with Crippen molar-refractivity contribution in [3.8, 4) is 16.9 Å². The summed E-state index contributed by atoms with van der Waals surface area (Å²) in [6, 6.07) is 109. The number of methoxy groups -OCH3 is 1. The van der Waals surface area contributed by atoms with Gasteiger partial charge < -0.3 is 9.15 Å². The van der Waals surface area contributed by atoms with E-state index in [1.165, 1.54) is 110 Å². The van der Waals surface area contributed by atoms with Gasteiger partial charge in [0, 0.05) is 16.2 Å². The minimum Gasteiger partial charge on any atom is -0.497 e. The molecule has 450 valence electrons. The molecule has 1 aliphatic carbocycles. The van der Waals surface area contributed by atoms with Crippen LogP contribution in [0.4, 0.5) is 0 Å². The van der Waals surface area contributed by atoms with Gasteiger partial charge in [0.05, 0.1) is 7.11 Å². The lowest BCUT2D eigenvalue weighted by Crippen LogP contribution is -2.14. The third-order valence-electron chi connectivity index (χ3n) is 15.8. The third-order valence-corrected chi connectivity index (χ3v) is 15.8. The van der Waals surface area contributed by atoms with Crippen molar-refractivity contribution in [1.29, 1.82) is 0 Å². The lowest BCUT2D eigenvalue weighted by atomic mass is 9.82. The minimum absolute atomic E-state index is 0.151. The summed E-state index contributed by atoms with van der Waals surface area (Å²) in [6.07, 6.45) is 2.16. The second-order valence-corrected chi connectivity index (χ2v) is 23.2. The van der Waals surface area contributed by atoms with Crippen molar-refractivity contribution in [2.75, 3.05) is 7.11 Å². The first-order valence-corrected chi connectivity index (χ1v) is 31.1. The molecule has 1 aliphatic rings. The molecule has 2 heteroatoms. The van der Waals surface area contributed by atoms with Crippen molar-refractivity contribution >= 4 is 49.1 Å². The quantitative estimate of drug-likeness (QED) is 0.176. The van der Waals surface area contributed by atoms with Gasteiger partial charge in [-0.1, -0.05) is 345 Å². The van der Waals surface area contributed by atoms with Gasteiger partial charge in [-0.3, -0.25) is 0 Å². The fourth-order valence-electron chi connectivity index (χ4n) is 10.9. The zero-order valence-electron chi connectivity index (χ0n) is 54.4. The Bertz CT molecular complexity index is 4400. The van der Waals surface area contributed by atoms with E-state index < -0.39 is 0 Å². The largest absolute Gasteiger partial charge is 0.497 e. The number of hydrogen-bond acceptors (Lipinski definition) is 2. The van der Waals surface area contributed by atoms with Gasteiger partial charge >= 0.3 is 0 Å². The number of aryl methyl sites for hydroxylation is 7. The van der Waals surface area contributed by atoms with Crippen molar-refractivity contribution in [3.05, 3.63) is 383 Å². The first kappa shape index (κ1) is 65.7. The molecule has 0 atom stereocenters. The molecular formula is C88H86O2. The van der Waals surface area contributed by atoms with Gasteiger partial charge in [-0.15, -0.1) is 0 Å². The van der Waals surface area contributed by atoms with E-state index in [0.717, 1.165) is 16.9 Å². The Kier molecular flexibility index (Phi) is 24.2. The van der Waals surface area contributed by atoms with Crippen LogP contribution in [0.15, 0.2) is 326 Å². The lowest BCUT2D eigenvalue weighted by molar-refractivity contribution is 0.415. The van der Waals surface area contributed by atoms with Crippen LogP contribution in [-0.2, 0) is 5.41 Å². The smallest absolute Gasteiger partial charge is 0.138 e. The molecule has 0 amide bonds. The molecule has 0 saturated heterocycles. The van der Waals surface area contributed by atoms with Gasteiger partial charge in [0.1, 0.15) is 16.9 Å². The Morgan fingerprint density at radius 3 is 1.34 bits per heavy atom. The first-order valence-electron chi connectivity index (χ1n) is 31.1. The second-order valence-electron chi connectivity index (χ2n) is 23.2.